The molecule has 2 unspecified atom stereocenters. The number of ketones is 1. The monoisotopic (exact) mass is 269 g/mol. The minimum absolute atomic E-state index is 0.0654. The fraction of sp³-hybridized carbons (Fsp3) is 0.312. The van der Waals surface area contributed by atoms with E-state index in [9.17, 15) is 14.8 Å². The van der Waals surface area contributed by atoms with E-state index in [4.69, 9.17) is 0 Å². The van der Waals surface area contributed by atoms with E-state index in [1.807, 2.05) is 18.2 Å². The standard InChI is InChI=1S/C16H15NO3/c1-9(18)16(2)8-13-10-5-3-4-6-11(10)15(19)12(13)7-14(16)17-20/h3-7,9,18H,8H2,1-2H3. The van der Waals surface area contributed by atoms with Crippen molar-refractivity contribution in [2.24, 2.45) is 10.6 Å². The molecule has 0 aromatic heterocycles. The van der Waals surface area contributed by atoms with Crippen molar-refractivity contribution in [3.63, 3.8) is 0 Å². The Kier molecular flexibility index (Phi) is 2.73. The Morgan fingerprint density at radius 1 is 1.30 bits per heavy atom. The number of allylic oxidation sites excluding steroid dienone is 3. The molecule has 0 amide bonds. The number of hydrogen-bond donors (Lipinski definition) is 1. The van der Waals surface area contributed by atoms with Crippen LogP contribution in [0.2, 0.25) is 0 Å². The maximum atomic E-state index is 12.4. The van der Waals surface area contributed by atoms with Gasteiger partial charge >= 0.3 is 0 Å². The van der Waals surface area contributed by atoms with Gasteiger partial charge in [-0.15, -0.1) is 4.91 Å². The van der Waals surface area contributed by atoms with Crippen LogP contribution in [0.4, 0.5) is 0 Å². The quantitative estimate of drug-likeness (QED) is 0.839. The van der Waals surface area contributed by atoms with E-state index in [0.717, 1.165) is 11.1 Å². The first-order valence-electron chi connectivity index (χ1n) is 6.60. The summed E-state index contributed by atoms with van der Waals surface area (Å²) in [6.45, 7) is 3.45. The van der Waals surface area contributed by atoms with Crippen LogP contribution in [0.1, 0.15) is 36.2 Å². The van der Waals surface area contributed by atoms with Crippen LogP contribution in [0.25, 0.3) is 5.57 Å². The van der Waals surface area contributed by atoms with E-state index in [2.05, 4.69) is 5.18 Å². The number of aliphatic hydroxyl groups excluding tert-OH is 1. The van der Waals surface area contributed by atoms with Gasteiger partial charge in [0.05, 0.1) is 11.8 Å². The molecule has 102 valence electrons. The summed E-state index contributed by atoms with van der Waals surface area (Å²) in [5.74, 6) is -0.0654. The molecule has 0 fully saturated rings. The Bertz CT molecular complexity index is 685. The average Bonchev–Trinajstić information content (AvgIpc) is 2.71. The van der Waals surface area contributed by atoms with Crippen LogP contribution in [0, 0.1) is 10.3 Å². The SMILES string of the molecule is CC(O)C1(C)CC2=C(C=C1N=O)C(=O)c1ccccc12. The van der Waals surface area contributed by atoms with Crippen LogP contribution in [0.3, 0.4) is 0 Å². The molecule has 0 saturated heterocycles. The fourth-order valence-corrected chi connectivity index (χ4v) is 2.97. The van der Waals surface area contributed by atoms with Gasteiger partial charge in [0, 0.05) is 16.6 Å². The van der Waals surface area contributed by atoms with Crippen molar-refractivity contribution in [1.29, 1.82) is 0 Å². The molecule has 2 aliphatic carbocycles. The minimum atomic E-state index is -0.752. The largest absolute Gasteiger partial charge is 0.392 e. The van der Waals surface area contributed by atoms with Crippen LogP contribution >= 0.6 is 0 Å². The van der Waals surface area contributed by atoms with Gasteiger partial charge in [-0.05, 0) is 35.7 Å². The van der Waals surface area contributed by atoms with Crippen molar-refractivity contribution >= 4 is 11.4 Å². The van der Waals surface area contributed by atoms with Crippen LogP contribution < -0.4 is 0 Å². The number of aliphatic hydroxyl groups is 1. The van der Waals surface area contributed by atoms with Crippen LogP contribution in [-0.4, -0.2) is 17.0 Å². The molecule has 1 aromatic carbocycles. The second kappa shape index (κ2) is 4.21. The predicted molar refractivity (Wildman–Crippen MR) is 76.0 cm³/mol. The molecule has 1 N–H and O–H groups in total. The Morgan fingerprint density at radius 3 is 2.55 bits per heavy atom. The lowest BCUT2D eigenvalue weighted by Gasteiger charge is -2.35. The van der Waals surface area contributed by atoms with Crippen molar-refractivity contribution in [2.75, 3.05) is 0 Å². The third kappa shape index (κ3) is 1.55. The van der Waals surface area contributed by atoms with E-state index < -0.39 is 11.5 Å². The highest BCUT2D eigenvalue weighted by Crippen LogP contribution is 2.49. The van der Waals surface area contributed by atoms with Gasteiger partial charge < -0.3 is 5.11 Å². The van der Waals surface area contributed by atoms with Crippen molar-refractivity contribution < 1.29 is 9.90 Å². The normalized spacial score (nSPS) is 25.9. The summed E-state index contributed by atoms with van der Waals surface area (Å²) in [7, 11) is 0. The molecule has 0 radical (unpaired) electrons. The summed E-state index contributed by atoms with van der Waals surface area (Å²) in [4.78, 5) is 23.4. The topological polar surface area (TPSA) is 66.7 Å². The lowest BCUT2D eigenvalue weighted by atomic mass is 9.71. The molecular weight excluding hydrogens is 254 g/mol. The summed E-state index contributed by atoms with van der Waals surface area (Å²) in [6.07, 6.45) is 1.27. The van der Waals surface area contributed by atoms with Crippen LogP contribution in [0.15, 0.2) is 46.8 Å². The number of fused-ring (bicyclic) bond motifs is 2. The van der Waals surface area contributed by atoms with Gasteiger partial charge in [0.15, 0.2) is 5.78 Å². The van der Waals surface area contributed by atoms with Crippen LogP contribution in [0.5, 0.6) is 0 Å². The number of rotatable bonds is 2. The molecule has 1 aromatic rings. The van der Waals surface area contributed by atoms with E-state index in [1.165, 1.54) is 0 Å². The first-order valence-corrected chi connectivity index (χ1v) is 6.60. The zero-order chi connectivity index (χ0) is 14.5. The molecule has 0 saturated carbocycles. The molecule has 0 spiro atoms. The van der Waals surface area contributed by atoms with Gasteiger partial charge in [0.1, 0.15) is 0 Å². The Labute approximate surface area is 116 Å². The number of Topliss-reactive ketones (excluding diaryl/α,β-unsaturated/α-hetero) is 1. The van der Waals surface area contributed by atoms with E-state index in [1.54, 1.807) is 26.0 Å². The van der Waals surface area contributed by atoms with Crippen LogP contribution in [-0.2, 0) is 0 Å². The molecule has 2 aliphatic rings. The maximum Gasteiger partial charge on any atom is 0.194 e. The number of benzene rings is 1. The summed E-state index contributed by atoms with van der Waals surface area (Å²) in [5.41, 5.74) is 2.50. The first kappa shape index (κ1) is 12.9. The molecule has 0 heterocycles. The van der Waals surface area contributed by atoms with Gasteiger partial charge in [-0.3, -0.25) is 4.79 Å². The third-order valence-corrected chi connectivity index (χ3v) is 4.50. The second-order valence-corrected chi connectivity index (χ2v) is 5.66. The highest BCUT2D eigenvalue weighted by molar-refractivity contribution is 6.22. The highest BCUT2D eigenvalue weighted by Gasteiger charge is 2.43. The second-order valence-electron chi connectivity index (χ2n) is 5.66. The predicted octanol–water partition coefficient (Wildman–Crippen LogP) is 3.08. The number of nitroso groups, excluding NO2 is 1. The van der Waals surface area contributed by atoms with Gasteiger partial charge in [0.25, 0.3) is 0 Å². The molecule has 3 rings (SSSR count). The average molecular weight is 269 g/mol. The molecule has 0 bridgehead atoms. The molecule has 2 atom stereocenters. The molecule has 4 nitrogen and oxygen atoms in total. The fourth-order valence-electron chi connectivity index (χ4n) is 2.97. The zero-order valence-corrected chi connectivity index (χ0v) is 11.4. The van der Waals surface area contributed by atoms with Gasteiger partial charge in [-0.2, -0.15) is 0 Å². The van der Waals surface area contributed by atoms with E-state index >= 15 is 0 Å². The van der Waals surface area contributed by atoms with E-state index in [0.29, 0.717) is 17.6 Å². The lowest BCUT2D eigenvalue weighted by Crippen LogP contribution is -2.33. The maximum absolute atomic E-state index is 12.4. The van der Waals surface area contributed by atoms with Crippen molar-refractivity contribution in [1.82, 2.24) is 0 Å². The molecule has 4 heteroatoms. The van der Waals surface area contributed by atoms with Gasteiger partial charge in [-0.25, -0.2) is 0 Å². The summed E-state index contributed by atoms with van der Waals surface area (Å²) in [6, 6.07) is 7.41. The Balaban J connectivity index is 2.20. The molecule has 0 aliphatic heterocycles. The molecular formula is C16H15NO3. The number of hydrogen-bond acceptors (Lipinski definition) is 4. The van der Waals surface area contributed by atoms with E-state index in [-0.39, 0.29) is 11.5 Å². The van der Waals surface area contributed by atoms with Crippen molar-refractivity contribution in [3.05, 3.63) is 57.6 Å². The number of carbonyl (C=O) groups excluding carboxylic acids is 1. The summed E-state index contributed by atoms with van der Waals surface area (Å²) in [5, 5.41) is 13.1. The molecule has 20 heavy (non-hydrogen) atoms. The third-order valence-electron chi connectivity index (χ3n) is 4.50. The number of nitrogens with zero attached hydrogens (tertiary/aromatic N) is 1. The smallest absolute Gasteiger partial charge is 0.194 e. The minimum Gasteiger partial charge on any atom is -0.392 e. The Hall–Kier alpha value is -2.07. The Morgan fingerprint density at radius 2 is 1.95 bits per heavy atom. The lowest BCUT2D eigenvalue weighted by molar-refractivity contribution is 0.0801. The highest BCUT2D eigenvalue weighted by atomic mass is 16.3. The number of carbonyl (C=O) groups is 1. The van der Waals surface area contributed by atoms with Gasteiger partial charge in [0.2, 0.25) is 0 Å². The summed E-state index contributed by atoms with van der Waals surface area (Å²) >= 11 is 0. The first-order chi connectivity index (χ1) is 9.49. The van der Waals surface area contributed by atoms with Crippen molar-refractivity contribution in [3.8, 4) is 0 Å². The zero-order valence-electron chi connectivity index (χ0n) is 11.4. The van der Waals surface area contributed by atoms with Gasteiger partial charge in [-0.1, -0.05) is 31.2 Å². The van der Waals surface area contributed by atoms with Crippen molar-refractivity contribution in [2.45, 2.75) is 26.4 Å². The summed E-state index contributed by atoms with van der Waals surface area (Å²) < 4.78 is 0.